The molecule has 0 amide bonds. The van der Waals surface area contributed by atoms with Gasteiger partial charge < -0.3 is 15.3 Å². The van der Waals surface area contributed by atoms with Crippen LogP contribution in [0, 0.1) is 5.82 Å². The molecule has 1 fully saturated rings. The van der Waals surface area contributed by atoms with E-state index < -0.39 is 6.10 Å². The van der Waals surface area contributed by atoms with E-state index in [4.69, 9.17) is 0 Å². The summed E-state index contributed by atoms with van der Waals surface area (Å²) >= 11 is 0. The number of nitrogens with zero attached hydrogens (tertiary/aromatic N) is 1. The van der Waals surface area contributed by atoms with Gasteiger partial charge in [-0.05, 0) is 38.9 Å². The normalized spacial score (nSPS) is 19.5. The number of benzene rings is 1. The molecule has 0 aliphatic carbocycles. The molecule has 2 rings (SSSR count). The average molecular weight is 266 g/mol. The van der Waals surface area contributed by atoms with E-state index in [0.717, 1.165) is 6.54 Å². The Morgan fingerprint density at radius 1 is 1.32 bits per heavy atom. The largest absolute Gasteiger partial charge is 0.387 e. The van der Waals surface area contributed by atoms with Gasteiger partial charge in [0, 0.05) is 24.7 Å². The predicted octanol–water partition coefficient (Wildman–Crippen LogP) is 1.93. The predicted molar refractivity (Wildman–Crippen MR) is 74.5 cm³/mol. The fourth-order valence-electron chi connectivity index (χ4n) is 2.59. The summed E-state index contributed by atoms with van der Waals surface area (Å²) in [6, 6.07) is 6.70. The molecule has 1 aromatic rings. The number of hydrogen-bond donors (Lipinski definition) is 2. The molecule has 2 unspecified atom stereocenters. The van der Waals surface area contributed by atoms with Crippen LogP contribution in [0.4, 0.5) is 4.39 Å². The lowest BCUT2D eigenvalue weighted by atomic mass is 10.1. The number of nitrogens with one attached hydrogen (secondary N) is 1. The minimum atomic E-state index is -0.790. The Bertz CT molecular complexity index is 393. The van der Waals surface area contributed by atoms with E-state index in [1.165, 1.54) is 32.0 Å². The van der Waals surface area contributed by atoms with Crippen LogP contribution in [0.2, 0.25) is 0 Å². The molecule has 0 spiro atoms. The lowest BCUT2D eigenvalue weighted by Crippen LogP contribution is -2.39. The van der Waals surface area contributed by atoms with Crippen LogP contribution < -0.4 is 5.32 Å². The Morgan fingerprint density at radius 3 is 2.68 bits per heavy atom. The maximum absolute atomic E-state index is 13.5. The molecule has 2 N–H and O–H groups in total. The highest BCUT2D eigenvalue weighted by Gasteiger charge is 2.16. The van der Waals surface area contributed by atoms with Crippen LogP contribution in [0.25, 0.3) is 0 Å². The second kappa shape index (κ2) is 6.98. The Hall–Kier alpha value is -0.970. The number of aliphatic hydroxyl groups is 1. The molecule has 0 bridgehead atoms. The lowest BCUT2D eigenvalue weighted by molar-refractivity contribution is 0.162. The molecule has 0 aromatic heterocycles. The van der Waals surface area contributed by atoms with Crippen LogP contribution in [0.3, 0.4) is 0 Å². The summed E-state index contributed by atoms with van der Waals surface area (Å²) in [5.74, 6) is -0.344. The van der Waals surface area contributed by atoms with Crippen molar-refractivity contribution < 1.29 is 9.50 Å². The van der Waals surface area contributed by atoms with E-state index in [9.17, 15) is 9.50 Å². The highest BCUT2D eigenvalue weighted by Crippen LogP contribution is 2.16. The number of hydrogen-bond acceptors (Lipinski definition) is 3. The third-order valence-corrected chi connectivity index (χ3v) is 3.65. The van der Waals surface area contributed by atoms with Gasteiger partial charge in [-0.1, -0.05) is 18.2 Å². The van der Waals surface area contributed by atoms with Crippen LogP contribution in [-0.2, 0) is 0 Å². The van der Waals surface area contributed by atoms with Crippen LogP contribution in [0.15, 0.2) is 24.3 Å². The van der Waals surface area contributed by atoms with Crippen LogP contribution in [0.5, 0.6) is 0 Å². The summed E-state index contributed by atoms with van der Waals surface area (Å²) in [7, 11) is 0. The zero-order valence-corrected chi connectivity index (χ0v) is 11.5. The molecule has 3 nitrogen and oxygen atoms in total. The van der Waals surface area contributed by atoms with E-state index in [1.807, 2.05) is 0 Å². The summed E-state index contributed by atoms with van der Waals surface area (Å²) in [6.07, 6.45) is 1.78. The molecule has 1 saturated heterocycles. The Labute approximate surface area is 114 Å². The summed E-state index contributed by atoms with van der Waals surface area (Å²) < 4.78 is 13.5. The Morgan fingerprint density at radius 2 is 2.00 bits per heavy atom. The van der Waals surface area contributed by atoms with Gasteiger partial charge in [-0.15, -0.1) is 0 Å². The zero-order chi connectivity index (χ0) is 13.7. The Kier molecular flexibility index (Phi) is 5.31. The van der Waals surface area contributed by atoms with Crippen LogP contribution in [-0.4, -0.2) is 42.2 Å². The van der Waals surface area contributed by atoms with Gasteiger partial charge in [0.1, 0.15) is 5.82 Å². The van der Waals surface area contributed by atoms with E-state index in [2.05, 4.69) is 17.1 Å². The first kappa shape index (κ1) is 14.4. The molecule has 19 heavy (non-hydrogen) atoms. The number of halogens is 1. The van der Waals surface area contributed by atoms with Gasteiger partial charge in [-0.2, -0.15) is 0 Å². The first-order valence-corrected chi connectivity index (χ1v) is 7.05. The molecular weight excluding hydrogens is 243 g/mol. The summed E-state index contributed by atoms with van der Waals surface area (Å²) in [4.78, 5) is 2.42. The second-order valence-electron chi connectivity index (χ2n) is 5.35. The van der Waals surface area contributed by atoms with Crippen molar-refractivity contribution in [1.82, 2.24) is 10.2 Å². The van der Waals surface area contributed by atoms with Gasteiger partial charge in [0.05, 0.1) is 6.10 Å². The van der Waals surface area contributed by atoms with Gasteiger partial charge >= 0.3 is 0 Å². The van der Waals surface area contributed by atoms with Gasteiger partial charge in [-0.25, -0.2) is 4.39 Å². The van der Waals surface area contributed by atoms with Gasteiger partial charge in [-0.3, -0.25) is 0 Å². The molecule has 2 atom stereocenters. The molecule has 4 heteroatoms. The third kappa shape index (κ3) is 4.27. The van der Waals surface area contributed by atoms with Crippen molar-refractivity contribution in [3.63, 3.8) is 0 Å². The fourth-order valence-corrected chi connectivity index (χ4v) is 2.59. The molecular formula is C15H23FN2O. The summed E-state index contributed by atoms with van der Waals surface area (Å²) in [6.45, 7) is 5.82. The van der Waals surface area contributed by atoms with Crippen molar-refractivity contribution in [3.8, 4) is 0 Å². The fraction of sp³-hybridized carbons (Fsp3) is 0.600. The standard InChI is InChI=1S/C15H23FN2O/c1-12(11-18-8-4-5-9-18)17-10-15(19)13-6-2-3-7-14(13)16/h2-3,6-7,12,15,17,19H,4-5,8-11H2,1H3. The van der Waals surface area contributed by atoms with Crippen molar-refractivity contribution in [1.29, 1.82) is 0 Å². The molecule has 1 heterocycles. The third-order valence-electron chi connectivity index (χ3n) is 3.65. The quantitative estimate of drug-likeness (QED) is 0.826. The minimum Gasteiger partial charge on any atom is -0.387 e. The first-order valence-electron chi connectivity index (χ1n) is 7.05. The van der Waals surface area contributed by atoms with Crippen LogP contribution >= 0.6 is 0 Å². The van der Waals surface area contributed by atoms with Crippen molar-refractivity contribution >= 4 is 0 Å². The maximum atomic E-state index is 13.5. The molecule has 106 valence electrons. The Balaban J connectivity index is 1.76. The summed E-state index contributed by atoms with van der Waals surface area (Å²) in [5, 5.41) is 13.3. The molecule has 1 aliphatic heterocycles. The second-order valence-corrected chi connectivity index (χ2v) is 5.35. The SMILES string of the molecule is CC(CN1CCCC1)NCC(O)c1ccccc1F. The van der Waals surface area contributed by atoms with Crippen molar-refractivity contribution in [2.75, 3.05) is 26.2 Å². The van der Waals surface area contributed by atoms with E-state index in [1.54, 1.807) is 18.2 Å². The van der Waals surface area contributed by atoms with Crippen LogP contribution in [0.1, 0.15) is 31.4 Å². The molecule has 0 radical (unpaired) electrons. The highest BCUT2D eigenvalue weighted by atomic mass is 19.1. The van der Waals surface area contributed by atoms with E-state index in [0.29, 0.717) is 18.2 Å². The molecule has 0 saturated carbocycles. The summed E-state index contributed by atoms with van der Waals surface area (Å²) in [5.41, 5.74) is 0.364. The number of likely N-dealkylation sites (tertiary alicyclic amines) is 1. The molecule has 1 aliphatic rings. The van der Waals surface area contributed by atoms with Crippen molar-refractivity contribution in [2.24, 2.45) is 0 Å². The minimum absolute atomic E-state index is 0.305. The average Bonchev–Trinajstić information content (AvgIpc) is 2.89. The highest BCUT2D eigenvalue weighted by molar-refractivity contribution is 5.19. The number of aliphatic hydroxyl groups excluding tert-OH is 1. The zero-order valence-electron chi connectivity index (χ0n) is 11.5. The first-order chi connectivity index (χ1) is 9.16. The van der Waals surface area contributed by atoms with Crippen molar-refractivity contribution in [3.05, 3.63) is 35.6 Å². The topological polar surface area (TPSA) is 35.5 Å². The number of rotatable bonds is 6. The maximum Gasteiger partial charge on any atom is 0.129 e. The van der Waals surface area contributed by atoms with E-state index in [-0.39, 0.29) is 5.82 Å². The monoisotopic (exact) mass is 266 g/mol. The smallest absolute Gasteiger partial charge is 0.129 e. The lowest BCUT2D eigenvalue weighted by Gasteiger charge is -2.22. The van der Waals surface area contributed by atoms with Crippen molar-refractivity contribution in [2.45, 2.75) is 31.9 Å². The molecule has 1 aromatic carbocycles. The van der Waals surface area contributed by atoms with Gasteiger partial charge in [0.15, 0.2) is 0 Å². The van der Waals surface area contributed by atoms with Gasteiger partial charge in [0.25, 0.3) is 0 Å². The van der Waals surface area contributed by atoms with E-state index >= 15 is 0 Å². The van der Waals surface area contributed by atoms with Gasteiger partial charge in [0.2, 0.25) is 0 Å².